The summed E-state index contributed by atoms with van der Waals surface area (Å²) in [6.07, 6.45) is 2.96. The van der Waals surface area contributed by atoms with E-state index in [1.807, 2.05) is 24.3 Å². The summed E-state index contributed by atoms with van der Waals surface area (Å²) in [5.41, 5.74) is 3.02. The first-order chi connectivity index (χ1) is 11.6. The molecule has 2 aliphatic heterocycles. The first-order valence-electron chi connectivity index (χ1n) is 8.08. The van der Waals surface area contributed by atoms with Crippen LogP contribution in [0.25, 0.3) is 0 Å². The van der Waals surface area contributed by atoms with Gasteiger partial charge in [-0.2, -0.15) is 0 Å². The molecule has 1 N–H and O–H groups in total. The molecular formula is C17H19N3O3S. The van der Waals surface area contributed by atoms with Gasteiger partial charge in [0.1, 0.15) is 24.5 Å². The highest BCUT2D eigenvalue weighted by molar-refractivity contribution is 7.91. The number of anilines is 1. The number of ether oxygens (including phenoxy) is 1. The summed E-state index contributed by atoms with van der Waals surface area (Å²) >= 11 is 0. The predicted octanol–water partition coefficient (Wildman–Crippen LogP) is 1.81. The lowest BCUT2D eigenvalue weighted by atomic mass is 10.0. The average Bonchev–Trinajstić information content (AvgIpc) is 2.81. The van der Waals surface area contributed by atoms with Gasteiger partial charge in [0, 0.05) is 18.5 Å². The molecule has 1 aromatic heterocycles. The van der Waals surface area contributed by atoms with Gasteiger partial charge in [0.15, 0.2) is 9.84 Å². The third-order valence-electron chi connectivity index (χ3n) is 4.62. The van der Waals surface area contributed by atoms with Crippen LogP contribution in [-0.2, 0) is 22.9 Å². The van der Waals surface area contributed by atoms with Crippen molar-refractivity contribution in [1.82, 2.24) is 9.97 Å². The van der Waals surface area contributed by atoms with Gasteiger partial charge in [0.2, 0.25) is 0 Å². The fourth-order valence-electron chi connectivity index (χ4n) is 3.31. The lowest BCUT2D eigenvalue weighted by Crippen LogP contribution is -2.18. The van der Waals surface area contributed by atoms with Crippen LogP contribution in [0.1, 0.15) is 23.2 Å². The van der Waals surface area contributed by atoms with Gasteiger partial charge < -0.3 is 10.1 Å². The molecule has 7 heteroatoms. The van der Waals surface area contributed by atoms with E-state index < -0.39 is 9.84 Å². The number of nitrogens with zero attached hydrogens (tertiary/aromatic N) is 2. The first kappa shape index (κ1) is 15.4. The summed E-state index contributed by atoms with van der Waals surface area (Å²) in [6, 6.07) is 7.96. The summed E-state index contributed by atoms with van der Waals surface area (Å²) in [4.78, 5) is 8.73. The van der Waals surface area contributed by atoms with E-state index in [0.29, 0.717) is 31.7 Å². The largest absolute Gasteiger partial charge is 0.487 e. The van der Waals surface area contributed by atoms with Gasteiger partial charge in [-0.3, -0.25) is 0 Å². The number of hydrogen-bond donors (Lipinski definition) is 1. The topological polar surface area (TPSA) is 81.2 Å². The van der Waals surface area contributed by atoms with Crippen molar-refractivity contribution < 1.29 is 13.2 Å². The molecular weight excluding hydrogens is 326 g/mol. The maximum Gasteiger partial charge on any atom is 0.150 e. The van der Waals surface area contributed by atoms with Gasteiger partial charge in [0.25, 0.3) is 0 Å². The molecule has 0 saturated carbocycles. The average molecular weight is 345 g/mol. The van der Waals surface area contributed by atoms with Gasteiger partial charge in [-0.05, 0) is 24.0 Å². The van der Waals surface area contributed by atoms with Crippen LogP contribution >= 0.6 is 0 Å². The normalized spacial score (nSPS) is 21.2. The molecule has 6 nitrogen and oxygen atoms in total. The number of nitrogens with one attached hydrogen (secondary N) is 1. The zero-order valence-corrected chi connectivity index (χ0v) is 14.1. The minimum atomic E-state index is -2.86. The number of aromatic nitrogens is 2. The summed E-state index contributed by atoms with van der Waals surface area (Å²) in [5, 5.41) is 3.34. The molecule has 1 saturated heterocycles. The van der Waals surface area contributed by atoms with Crippen LogP contribution < -0.4 is 10.1 Å². The Labute approximate surface area is 141 Å². The summed E-state index contributed by atoms with van der Waals surface area (Å²) in [7, 11) is -2.86. The van der Waals surface area contributed by atoms with Crippen LogP contribution in [0.5, 0.6) is 5.75 Å². The number of benzene rings is 1. The van der Waals surface area contributed by atoms with Crippen molar-refractivity contribution in [2.45, 2.75) is 19.4 Å². The number of para-hydroxylation sites is 1. The van der Waals surface area contributed by atoms with E-state index in [1.165, 1.54) is 6.33 Å². The predicted molar refractivity (Wildman–Crippen MR) is 90.9 cm³/mol. The highest BCUT2D eigenvalue weighted by atomic mass is 32.2. The minimum absolute atomic E-state index is 0.148. The Balaban J connectivity index is 1.56. The third kappa shape index (κ3) is 3.08. The summed E-state index contributed by atoms with van der Waals surface area (Å²) in [5.74, 6) is 2.37. The molecule has 0 aliphatic carbocycles. The molecule has 126 valence electrons. The zero-order chi connectivity index (χ0) is 16.6. The van der Waals surface area contributed by atoms with Crippen LogP contribution in [0.15, 0.2) is 30.6 Å². The van der Waals surface area contributed by atoms with E-state index in [2.05, 4.69) is 15.3 Å². The van der Waals surface area contributed by atoms with Crippen molar-refractivity contribution in [2.24, 2.45) is 5.92 Å². The standard InChI is InChI=1S/C17H19N3O3S/c21-24(22)6-5-12(10-24)8-18-17-14-7-13-3-1-2-4-16(13)23-9-15(14)19-11-20-17/h1-4,11-12H,5-10H2,(H,18,19,20). The number of rotatable bonds is 3. The lowest BCUT2D eigenvalue weighted by Gasteiger charge is -2.14. The van der Waals surface area contributed by atoms with Crippen LogP contribution in [0.3, 0.4) is 0 Å². The maximum atomic E-state index is 11.6. The fraction of sp³-hybridized carbons (Fsp3) is 0.412. The molecule has 24 heavy (non-hydrogen) atoms. The molecule has 0 spiro atoms. The Kier molecular flexibility index (Phi) is 3.88. The van der Waals surface area contributed by atoms with Crippen molar-refractivity contribution in [3.05, 3.63) is 47.4 Å². The van der Waals surface area contributed by atoms with Crippen LogP contribution in [0.2, 0.25) is 0 Å². The fourth-order valence-corrected chi connectivity index (χ4v) is 5.17. The molecule has 2 aliphatic rings. The lowest BCUT2D eigenvalue weighted by molar-refractivity contribution is 0.302. The van der Waals surface area contributed by atoms with Crippen molar-refractivity contribution in [2.75, 3.05) is 23.4 Å². The van der Waals surface area contributed by atoms with Gasteiger partial charge in [-0.25, -0.2) is 18.4 Å². The molecule has 1 fully saturated rings. The van der Waals surface area contributed by atoms with Crippen molar-refractivity contribution in [1.29, 1.82) is 0 Å². The van der Waals surface area contributed by atoms with Crippen molar-refractivity contribution in [3.8, 4) is 5.75 Å². The SMILES string of the molecule is O=S1(=O)CCC(CNc2ncnc3c2Cc2ccccc2OC3)C1. The second-order valence-corrected chi connectivity index (χ2v) is 8.60. The van der Waals surface area contributed by atoms with Crippen molar-refractivity contribution >= 4 is 15.7 Å². The van der Waals surface area contributed by atoms with Gasteiger partial charge in [0.05, 0.1) is 17.2 Å². The number of hydrogen-bond acceptors (Lipinski definition) is 6. The second kappa shape index (κ2) is 6.05. The van der Waals surface area contributed by atoms with E-state index in [0.717, 1.165) is 28.4 Å². The minimum Gasteiger partial charge on any atom is -0.487 e. The van der Waals surface area contributed by atoms with Crippen LogP contribution in [0, 0.1) is 5.92 Å². The molecule has 1 unspecified atom stereocenters. The monoisotopic (exact) mass is 345 g/mol. The third-order valence-corrected chi connectivity index (χ3v) is 6.46. The molecule has 0 bridgehead atoms. The molecule has 1 aromatic carbocycles. The molecule has 4 rings (SSSR count). The van der Waals surface area contributed by atoms with E-state index in [1.54, 1.807) is 0 Å². The highest BCUT2D eigenvalue weighted by Crippen LogP contribution is 2.30. The quantitative estimate of drug-likeness (QED) is 0.914. The number of sulfone groups is 1. The van der Waals surface area contributed by atoms with Crippen LogP contribution in [0.4, 0.5) is 5.82 Å². The number of fused-ring (bicyclic) bond motifs is 2. The molecule has 0 amide bonds. The van der Waals surface area contributed by atoms with Crippen LogP contribution in [-0.4, -0.2) is 36.4 Å². The molecule has 0 radical (unpaired) electrons. The van der Waals surface area contributed by atoms with Gasteiger partial charge in [-0.15, -0.1) is 0 Å². The molecule has 2 aromatic rings. The zero-order valence-electron chi connectivity index (χ0n) is 13.2. The Morgan fingerprint density at radius 1 is 1.25 bits per heavy atom. The Bertz CT molecular complexity index is 867. The maximum absolute atomic E-state index is 11.6. The summed E-state index contributed by atoms with van der Waals surface area (Å²) < 4.78 is 29.0. The Hall–Kier alpha value is -2.15. The highest BCUT2D eigenvalue weighted by Gasteiger charge is 2.28. The molecule has 1 atom stereocenters. The smallest absolute Gasteiger partial charge is 0.150 e. The second-order valence-electron chi connectivity index (χ2n) is 6.37. The van der Waals surface area contributed by atoms with E-state index >= 15 is 0 Å². The Morgan fingerprint density at radius 2 is 2.12 bits per heavy atom. The molecule has 3 heterocycles. The first-order valence-corrected chi connectivity index (χ1v) is 9.90. The van der Waals surface area contributed by atoms with Gasteiger partial charge >= 0.3 is 0 Å². The van der Waals surface area contributed by atoms with E-state index in [-0.39, 0.29) is 11.7 Å². The van der Waals surface area contributed by atoms with Gasteiger partial charge in [-0.1, -0.05) is 18.2 Å². The summed E-state index contributed by atoms with van der Waals surface area (Å²) in [6.45, 7) is 1.03. The van der Waals surface area contributed by atoms with E-state index in [4.69, 9.17) is 4.74 Å². The van der Waals surface area contributed by atoms with Crippen molar-refractivity contribution in [3.63, 3.8) is 0 Å². The Morgan fingerprint density at radius 3 is 2.96 bits per heavy atom. The van der Waals surface area contributed by atoms with E-state index in [9.17, 15) is 8.42 Å².